The molecule has 0 unspecified atom stereocenters. The molecule has 1 N–H and O–H groups in total. The minimum Gasteiger partial charge on any atom is -0.322 e. The van der Waals surface area contributed by atoms with Gasteiger partial charge in [-0.25, -0.2) is 8.78 Å². The molecule has 2 aromatic carbocycles. The molecule has 0 heterocycles. The van der Waals surface area contributed by atoms with E-state index in [4.69, 9.17) is 11.6 Å². The lowest BCUT2D eigenvalue weighted by Crippen LogP contribution is -2.12. The maximum absolute atomic E-state index is 13.3. The number of rotatable bonds is 2. The van der Waals surface area contributed by atoms with Crippen LogP contribution < -0.4 is 5.32 Å². The molecule has 2 aromatic rings. The lowest BCUT2D eigenvalue weighted by Gasteiger charge is -2.06. The molecular formula is C13H7BrClF2NO. The highest BCUT2D eigenvalue weighted by Gasteiger charge is 2.10. The highest BCUT2D eigenvalue weighted by Crippen LogP contribution is 2.20. The molecule has 0 radical (unpaired) electrons. The Morgan fingerprint density at radius 3 is 2.47 bits per heavy atom. The fourth-order valence-corrected chi connectivity index (χ4v) is 1.78. The lowest BCUT2D eigenvalue weighted by molar-refractivity contribution is 0.102. The van der Waals surface area contributed by atoms with Gasteiger partial charge >= 0.3 is 0 Å². The monoisotopic (exact) mass is 345 g/mol. The summed E-state index contributed by atoms with van der Waals surface area (Å²) in [7, 11) is 0. The summed E-state index contributed by atoms with van der Waals surface area (Å²) in [6, 6.07) is 7.84. The summed E-state index contributed by atoms with van der Waals surface area (Å²) in [4.78, 5) is 11.8. The quantitative estimate of drug-likeness (QED) is 0.844. The average molecular weight is 347 g/mol. The molecule has 2 nitrogen and oxygen atoms in total. The Morgan fingerprint density at radius 2 is 1.84 bits per heavy atom. The molecule has 98 valence electrons. The zero-order valence-corrected chi connectivity index (χ0v) is 11.7. The van der Waals surface area contributed by atoms with Crippen LogP contribution in [0.2, 0.25) is 5.02 Å². The van der Waals surface area contributed by atoms with Gasteiger partial charge < -0.3 is 5.32 Å². The van der Waals surface area contributed by atoms with Gasteiger partial charge in [0.25, 0.3) is 5.91 Å². The first-order valence-electron chi connectivity index (χ1n) is 5.19. The van der Waals surface area contributed by atoms with E-state index in [0.29, 0.717) is 0 Å². The van der Waals surface area contributed by atoms with Crippen molar-refractivity contribution in [3.8, 4) is 0 Å². The predicted octanol–water partition coefficient (Wildman–Crippen LogP) is 4.63. The molecule has 0 bridgehead atoms. The summed E-state index contributed by atoms with van der Waals surface area (Å²) in [6.45, 7) is 0. The van der Waals surface area contributed by atoms with Crippen LogP contribution in [0.25, 0.3) is 0 Å². The van der Waals surface area contributed by atoms with Crippen molar-refractivity contribution in [3.05, 3.63) is 63.1 Å². The number of benzene rings is 2. The number of amides is 1. The maximum Gasteiger partial charge on any atom is 0.255 e. The van der Waals surface area contributed by atoms with Crippen LogP contribution in [0.3, 0.4) is 0 Å². The average Bonchev–Trinajstić information content (AvgIpc) is 2.37. The molecule has 0 aliphatic rings. The van der Waals surface area contributed by atoms with E-state index in [0.717, 1.165) is 12.1 Å². The standard InChI is InChI=1S/C13H7BrClF2NO/c14-9-3-1-7(5-11(9)16)13(19)18-8-2-4-10(15)12(17)6-8/h1-6H,(H,18,19). The van der Waals surface area contributed by atoms with Crippen molar-refractivity contribution in [2.45, 2.75) is 0 Å². The Morgan fingerprint density at radius 1 is 1.11 bits per heavy atom. The van der Waals surface area contributed by atoms with E-state index in [1.807, 2.05) is 0 Å². The normalized spacial score (nSPS) is 10.3. The Hall–Kier alpha value is -1.46. The molecule has 0 saturated heterocycles. The summed E-state index contributed by atoms with van der Waals surface area (Å²) in [5.74, 6) is -1.72. The molecule has 0 fully saturated rings. The van der Waals surface area contributed by atoms with E-state index in [1.165, 1.54) is 24.3 Å². The Labute approximate surface area is 121 Å². The van der Waals surface area contributed by atoms with Gasteiger partial charge in [-0.05, 0) is 52.3 Å². The van der Waals surface area contributed by atoms with Crippen LogP contribution in [0.5, 0.6) is 0 Å². The molecule has 19 heavy (non-hydrogen) atoms. The Bertz CT molecular complexity index is 649. The molecule has 1 amide bonds. The van der Waals surface area contributed by atoms with Gasteiger partial charge in [0.05, 0.1) is 9.50 Å². The van der Waals surface area contributed by atoms with E-state index in [9.17, 15) is 13.6 Å². The molecule has 0 aromatic heterocycles. The van der Waals surface area contributed by atoms with E-state index >= 15 is 0 Å². The molecule has 0 aliphatic heterocycles. The maximum atomic E-state index is 13.3. The summed E-state index contributed by atoms with van der Waals surface area (Å²) in [5, 5.41) is 2.42. The number of anilines is 1. The highest BCUT2D eigenvalue weighted by molar-refractivity contribution is 9.10. The molecule has 2 rings (SSSR count). The Kier molecular flexibility index (Phi) is 4.17. The zero-order chi connectivity index (χ0) is 14.0. The van der Waals surface area contributed by atoms with Crippen LogP contribution in [-0.2, 0) is 0 Å². The van der Waals surface area contributed by atoms with Crippen LogP contribution in [0.1, 0.15) is 10.4 Å². The number of nitrogens with one attached hydrogen (secondary N) is 1. The van der Waals surface area contributed by atoms with E-state index in [2.05, 4.69) is 21.2 Å². The van der Waals surface area contributed by atoms with Crippen LogP contribution >= 0.6 is 27.5 Å². The van der Waals surface area contributed by atoms with Gasteiger partial charge in [0.2, 0.25) is 0 Å². The number of carbonyl (C=O) groups excluding carboxylic acids is 1. The van der Waals surface area contributed by atoms with Gasteiger partial charge in [-0.1, -0.05) is 11.6 Å². The fourth-order valence-electron chi connectivity index (χ4n) is 1.41. The zero-order valence-electron chi connectivity index (χ0n) is 9.38. The topological polar surface area (TPSA) is 29.1 Å². The first-order chi connectivity index (χ1) is 8.97. The fraction of sp³-hybridized carbons (Fsp3) is 0. The summed E-state index contributed by atoms with van der Waals surface area (Å²) >= 11 is 8.52. The third-order valence-electron chi connectivity index (χ3n) is 2.36. The Balaban J connectivity index is 2.20. The number of hydrogen-bond donors (Lipinski definition) is 1. The second-order valence-corrected chi connectivity index (χ2v) is 4.97. The lowest BCUT2D eigenvalue weighted by atomic mass is 10.2. The van der Waals surface area contributed by atoms with Gasteiger partial charge in [0, 0.05) is 11.3 Å². The van der Waals surface area contributed by atoms with E-state index < -0.39 is 17.5 Å². The van der Waals surface area contributed by atoms with E-state index in [-0.39, 0.29) is 20.7 Å². The molecular weight excluding hydrogens is 340 g/mol. The third kappa shape index (κ3) is 3.30. The van der Waals surface area contributed by atoms with Gasteiger partial charge in [0.15, 0.2) is 0 Å². The number of halogens is 4. The second kappa shape index (κ2) is 5.67. The van der Waals surface area contributed by atoms with Crippen molar-refractivity contribution in [3.63, 3.8) is 0 Å². The third-order valence-corrected chi connectivity index (χ3v) is 3.31. The highest BCUT2D eigenvalue weighted by atomic mass is 79.9. The summed E-state index contributed by atoms with van der Waals surface area (Å²) < 4.78 is 26.8. The number of carbonyl (C=O) groups is 1. The minimum atomic E-state index is -0.638. The molecule has 0 spiro atoms. The van der Waals surface area contributed by atoms with Crippen molar-refractivity contribution in [1.29, 1.82) is 0 Å². The SMILES string of the molecule is O=C(Nc1ccc(Cl)c(F)c1)c1ccc(Br)c(F)c1. The minimum absolute atomic E-state index is 0.0346. The predicted molar refractivity (Wildman–Crippen MR) is 73.5 cm³/mol. The molecule has 0 aliphatic carbocycles. The van der Waals surface area contributed by atoms with Crippen molar-refractivity contribution >= 4 is 39.1 Å². The van der Waals surface area contributed by atoms with E-state index in [1.54, 1.807) is 0 Å². The van der Waals surface area contributed by atoms with Crippen molar-refractivity contribution in [1.82, 2.24) is 0 Å². The van der Waals surface area contributed by atoms with Gasteiger partial charge in [-0.15, -0.1) is 0 Å². The van der Waals surface area contributed by atoms with Gasteiger partial charge in [0.1, 0.15) is 11.6 Å². The van der Waals surface area contributed by atoms with Gasteiger partial charge in [-0.3, -0.25) is 4.79 Å². The number of hydrogen-bond acceptors (Lipinski definition) is 1. The van der Waals surface area contributed by atoms with Crippen molar-refractivity contribution in [2.75, 3.05) is 5.32 Å². The first-order valence-corrected chi connectivity index (χ1v) is 6.36. The molecule has 0 saturated carbocycles. The summed E-state index contributed by atoms with van der Waals surface area (Å²) in [5.41, 5.74) is 0.381. The summed E-state index contributed by atoms with van der Waals surface area (Å²) in [6.07, 6.45) is 0. The molecule has 6 heteroatoms. The van der Waals surface area contributed by atoms with Crippen LogP contribution in [0.4, 0.5) is 14.5 Å². The molecule has 0 atom stereocenters. The van der Waals surface area contributed by atoms with Crippen LogP contribution in [0.15, 0.2) is 40.9 Å². The smallest absolute Gasteiger partial charge is 0.255 e. The van der Waals surface area contributed by atoms with Crippen molar-refractivity contribution in [2.24, 2.45) is 0 Å². The second-order valence-electron chi connectivity index (χ2n) is 3.71. The van der Waals surface area contributed by atoms with Crippen LogP contribution in [0, 0.1) is 11.6 Å². The van der Waals surface area contributed by atoms with Crippen molar-refractivity contribution < 1.29 is 13.6 Å². The largest absolute Gasteiger partial charge is 0.322 e. The first kappa shape index (κ1) is 14.0. The van der Waals surface area contributed by atoms with Gasteiger partial charge in [-0.2, -0.15) is 0 Å². The van der Waals surface area contributed by atoms with Crippen LogP contribution in [-0.4, -0.2) is 5.91 Å².